The summed E-state index contributed by atoms with van der Waals surface area (Å²) in [5, 5.41) is 0. The number of ketones is 1. The van der Waals surface area contributed by atoms with Crippen molar-refractivity contribution in [2.24, 2.45) is 11.8 Å². The molecule has 0 amide bonds. The SMILES string of the molecule is CCCCOc1ccc([C@H]2CC[C@H](C(C)=O)[C@H](C)C2)cc1. The number of Topliss-reactive ketones (excluding diaryl/α,β-unsaturated/α-hetero) is 1. The molecule has 3 atom stereocenters. The lowest BCUT2D eigenvalue weighted by Crippen LogP contribution is -2.26. The summed E-state index contributed by atoms with van der Waals surface area (Å²) in [6, 6.07) is 8.58. The predicted octanol–water partition coefficient (Wildman–Crippen LogP) is 4.97. The van der Waals surface area contributed by atoms with Crippen LogP contribution in [0.25, 0.3) is 0 Å². The van der Waals surface area contributed by atoms with Crippen LogP contribution in [-0.4, -0.2) is 12.4 Å². The standard InChI is InChI=1S/C19H28O2/c1-4-5-12-21-18-9-6-16(7-10-18)17-8-11-19(15(3)20)14(2)13-17/h6-7,9-10,14,17,19H,4-5,8,11-13H2,1-3H3/t14-,17+,19+/m1/s1. The van der Waals surface area contributed by atoms with E-state index in [9.17, 15) is 4.79 Å². The van der Waals surface area contributed by atoms with Gasteiger partial charge in [-0.3, -0.25) is 4.79 Å². The Morgan fingerprint density at radius 3 is 2.52 bits per heavy atom. The highest BCUT2D eigenvalue weighted by molar-refractivity contribution is 5.78. The van der Waals surface area contributed by atoms with E-state index in [1.165, 1.54) is 5.56 Å². The smallest absolute Gasteiger partial charge is 0.133 e. The van der Waals surface area contributed by atoms with Crippen LogP contribution in [0.4, 0.5) is 0 Å². The summed E-state index contributed by atoms with van der Waals surface area (Å²) in [7, 11) is 0. The third-order valence-electron chi connectivity index (χ3n) is 4.81. The number of hydrogen-bond acceptors (Lipinski definition) is 2. The van der Waals surface area contributed by atoms with Crippen LogP contribution in [0.5, 0.6) is 5.75 Å². The molecule has 2 heteroatoms. The lowest BCUT2D eigenvalue weighted by atomic mass is 9.71. The van der Waals surface area contributed by atoms with Gasteiger partial charge in [0.25, 0.3) is 0 Å². The highest BCUT2D eigenvalue weighted by atomic mass is 16.5. The molecule has 0 N–H and O–H groups in total. The Labute approximate surface area is 128 Å². The van der Waals surface area contributed by atoms with Crippen molar-refractivity contribution in [2.75, 3.05) is 6.61 Å². The van der Waals surface area contributed by atoms with E-state index in [4.69, 9.17) is 4.74 Å². The molecule has 0 aromatic heterocycles. The zero-order chi connectivity index (χ0) is 15.2. The van der Waals surface area contributed by atoms with E-state index < -0.39 is 0 Å². The van der Waals surface area contributed by atoms with Crippen LogP contribution in [0, 0.1) is 11.8 Å². The molecule has 0 heterocycles. The van der Waals surface area contributed by atoms with Crippen molar-refractivity contribution < 1.29 is 9.53 Å². The second-order valence-electron chi connectivity index (χ2n) is 6.48. The molecule has 1 aromatic carbocycles. The first-order valence-corrected chi connectivity index (χ1v) is 8.35. The van der Waals surface area contributed by atoms with Gasteiger partial charge in [0.15, 0.2) is 0 Å². The Balaban J connectivity index is 1.92. The minimum atomic E-state index is 0.276. The van der Waals surface area contributed by atoms with Crippen LogP contribution < -0.4 is 4.74 Å². The molecule has 1 saturated carbocycles. The Bertz CT molecular complexity index is 449. The Morgan fingerprint density at radius 2 is 1.95 bits per heavy atom. The predicted molar refractivity (Wildman–Crippen MR) is 86.8 cm³/mol. The third-order valence-corrected chi connectivity index (χ3v) is 4.81. The molecule has 1 aliphatic rings. The molecule has 1 aliphatic carbocycles. The highest BCUT2D eigenvalue weighted by Crippen LogP contribution is 2.40. The van der Waals surface area contributed by atoms with Gasteiger partial charge >= 0.3 is 0 Å². The largest absolute Gasteiger partial charge is 0.494 e. The summed E-state index contributed by atoms with van der Waals surface area (Å²) in [6.45, 7) is 6.94. The lowest BCUT2D eigenvalue weighted by molar-refractivity contribution is -0.123. The molecule has 0 aliphatic heterocycles. The van der Waals surface area contributed by atoms with Gasteiger partial charge in [0.1, 0.15) is 11.5 Å². The molecule has 116 valence electrons. The van der Waals surface area contributed by atoms with Crippen molar-refractivity contribution in [3.8, 4) is 5.75 Å². The Kier molecular flexibility index (Phi) is 5.84. The van der Waals surface area contributed by atoms with Crippen LogP contribution in [0.1, 0.15) is 64.4 Å². The van der Waals surface area contributed by atoms with Crippen molar-refractivity contribution in [3.05, 3.63) is 29.8 Å². The maximum absolute atomic E-state index is 11.6. The number of benzene rings is 1. The average molecular weight is 288 g/mol. The van der Waals surface area contributed by atoms with Gasteiger partial charge in [-0.1, -0.05) is 32.4 Å². The second-order valence-corrected chi connectivity index (χ2v) is 6.48. The molecule has 0 saturated heterocycles. The molecule has 2 rings (SSSR count). The fourth-order valence-corrected chi connectivity index (χ4v) is 3.47. The average Bonchev–Trinajstić information content (AvgIpc) is 2.48. The Hall–Kier alpha value is -1.31. The molecule has 1 aromatic rings. The molecule has 0 spiro atoms. The van der Waals surface area contributed by atoms with Gasteiger partial charge in [-0.25, -0.2) is 0 Å². The number of rotatable bonds is 6. The zero-order valence-corrected chi connectivity index (χ0v) is 13.6. The molecule has 21 heavy (non-hydrogen) atoms. The summed E-state index contributed by atoms with van der Waals surface area (Å²) in [5.74, 6) is 2.71. The molecule has 2 nitrogen and oxygen atoms in total. The molecule has 1 fully saturated rings. The minimum Gasteiger partial charge on any atom is -0.494 e. The van der Waals surface area contributed by atoms with Crippen molar-refractivity contribution in [1.82, 2.24) is 0 Å². The molecule has 0 bridgehead atoms. The van der Waals surface area contributed by atoms with E-state index in [0.717, 1.165) is 44.5 Å². The van der Waals surface area contributed by atoms with Gasteiger partial charge in [0.05, 0.1) is 6.61 Å². The van der Waals surface area contributed by atoms with E-state index in [0.29, 0.717) is 17.6 Å². The number of ether oxygens (including phenoxy) is 1. The van der Waals surface area contributed by atoms with Gasteiger partial charge in [0, 0.05) is 5.92 Å². The second kappa shape index (κ2) is 7.63. The summed E-state index contributed by atoms with van der Waals surface area (Å²) < 4.78 is 5.71. The monoisotopic (exact) mass is 288 g/mol. The number of hydrogen-bond donors (Lipinski definition) is 0. The quantitative estimate of drug-likeness (QED) is 0.690. The minimum absolute atomic E-state index is 0.276. The maximum Gasteiger partial charge on any atom is 0.133 e. The fourth-order valence-electron chi connectivity index (χ4n) is 3.47. The van der Waals surface area contributed by atoms with Gasteiger partial charge in [-0.15, -0.1) is 0 Å². The van der Waals surface area contributed by atoms with Crippen molar-refractivity contribution in [3.63, 3.8) is 0 Å². The van der Waals surface area contributed by atoms with Crippen LogP contribution in [0.2, 0.25) is 0 Å². The topological polar surface area (TPSA) is 26.3 Å². The fraction of sp³-hybridized carbons (Fsp3) is 0.632. The maximum atomic E-state index is 11.6. The number of unbranched alkanes of at least 4 members (excludes halogenated alkanes) is 1. The first-order valence-electron chi connectivity index (χ1n) is 8.35. The van der Waals surface area contributed by atoms with Crippen molar-refractivity contribution in [2.45, 2.75) is 58.8 Å². The van der Waals surface area contributed by atoms with Gasteiger partial charge < -0.3 is 4.74 Å². The van der Waals surface area contributed by atoms with Crippen LogP contribution in [0.15, 0.2) is 24.3 Å². The van der Waals surface area contributed by atoms with E-state index in [1.54, 1.807) is 6.92 Å². The normalized spacial score (nSPS) is 25.6. The van der Waals surface area contributed by atoms with E-state index in [-0.39, 0.29) is 5.92 Å². The van der Waals surface area contributed by atoms with Gasteiger partial charge in [-0.05, 0) is 62.1 Å². The molecule has 0 radical (unpaired) electrons. The summed E-state index contributed by atoms with van der Waals surface area (Å²) in [5.41, 5.74) is 1.40. The van der Waals surface area contributed by atoms with Crippen LogP contribution in [0.3, 0.4) is 0 Å². The van der Waals surface area contributed by atoms with E-state index in [2.05, 4.69) is 38.1 Å². The third kappa shape index (κ3) is 4.33. The van der Waals surface area contributed by atoms with Gasteiger partial charge in [-0.2, -0.15) is 0 Å². The summed E-state index contributed by atoms with van der Waals surface area (Å²) in [4.78, 5) is 11.6. The zero-order valence-electron chi connectivity index (χ0n) is 13.6. The summed E-state index contributed by atoms with van der Waals surface area (Å²) in [6.07, 6.45) is 5.56. The van der Waals surface area contributed by atoms with Crippen LogP contribution in [-0.2, 0) is 4.79 Å². The van der Waals surface area contributed by atoms with Crippen LogP contribution >= 0.6 is 0 Å². The molecular formula is C19H28O2. The van der Waals surface area contributed by atoms with Crippen molar-refractivity contribution >= 4 is 5.78 Å². The Morgan fingerprint density at radius 1 is 1.24 bits per heavy atom. The summed E-state index contributed by atoms with van der Waals surface area (Å²) >= 11 is 0. The molecular weight excluding hydrogens is 260 g/mol. The lowest BCUT2D eigenvalue weighted by Gasteiger charge is -2.33. The van der Waals surface area contributed by atoms with Gasteiger partial charge in [0.2, 0.25) is 0 Å². The van der Waals surface area contributed by atoms with Crippen molar-refractivity contribution in [1.29, 1.82) is 0 Å². The first kappa shape index (κ1) is 16.1. The molecule has 0 unspecified atom stereocenters. The first-order chi connectivity index (χ1) is 10.1. The number of carbonyl (C=O) groups is 1. The van der Waals surface area contributed by atoms with E-state index in [1.807, 2.05) is 0 Å². The number of carbonyl (C=O) groups excluding carboxylic acids is 1. The van der Waals surface area contributed by atoms with E-state index >= 15 is 0 Å². The highest BCUT2D eigenvalue weighted by Gasteiger charge is 2.30.